The summed E-state index contributed by atoms with van der Waals surface area (Å²) in [5.74, 6) is 0.337. The topological polar surface area (TPSA) is 53.9 Å². The average Bonchev–Trinajstić information content (AvgIpc) is 2.72. The van der Waals surface area contributed by atoms with Crippen molar-refractivity contribution in [3.05, 3.63) is 100 Å². The summed E-state index contributed by atoms with van der Waals surface area (Å²) in [7, 11) is 0. The first-order chi connectivity index (χ1) is 14.1. The van der Waals surface area contributed by atoms with E-state index < -0.39 is 0 Å². The lowest BCUT2D eigenvalue weighted by Crippen LogP contribution is -2.37. The third kappa shape index (κ3) is 6.91. The average molecular weight is 428 g/mol. The van der Waals surface area contributed by atoms with E-state index in [0.717, 1.165) is 11.1 Å². The lowest BCUT2D eigenvalue weighted by molar-refractivity contribution is -0.133. The molecule has 3 rings (SSSR count). The van der Waals surface area contributed by atoms with Crippen molar-refractivity contribution >= 4 is 35.3 Å². The zero-order chi connectivity index (χ0) is 20.5. The van der Waals surface area contributed by atoms with E-state index in [1.165, 1.54) is 6.21 Å². The van der Waals surface area contributed by atoms with E-state index in [1.54, 1.807) is 23.3 Å². The Kier molecular flexibility index (Phi) is 7.64. The van der Waals surface area contributed by atoms with Crippen molar-refractivity contribution < 1.29 is 9.63 Å². The molecule has 0 atom stereocenters. The maximum atomic E-state index is 12.4. The number of hydrogen-bond acceptors (Lipinski definition) is 4. The summed E-state index contributed by atoms with van der Waals surface area (Å²) in [6.45, 7) is 0.447. The first-order valence-electron chi connectivity index (χ1n) is 8.89. The molecule has 0 saturated carbocycles. The number of hydrogen-bond donors (Lipinski definition) is 1. The Morgan fingerprint density at radius 3 is 2.34 bits per heavy atom. The Labute approximate surface area is 179 Å². The predicted octanol–water partition coefficient (Wildman–Crippen LogP) is 4.94. The van der Waals surface area contributed by atoms with Gasteiger partial charge in [-0.3, -0.25) is 4.79 Å². The van der Waals surface area contributed by atoms with Crippen LogP contribution in [0.25, 0.3) is 0 Å². The van der Waals surface area contributed by atoms with Gasteiger partial charge < -0.3 is 4.84 Å². The van der Waals surface area contributed by atoms with Crippen LogP contribution in [-0.4, -0.2) is 23.7 Å². The molecule has 0 aliphatic rings. The minimum Gasteiger partial charge on any atom is -0.405 e. The molecule has 5 nitrogen and oxygen atoms in total. The quantitative estimate of drug-likeness (QED) is 0.409. The number of nitrogens with zero attached hydrogens (tertiary/aromatic N) is 2. The van der Waals surface area contributed by atoms with Gasteiger partial charge in [-0.1, -0.05) is 77.8 Å². The number of hydrazone groups is 1. The molecule has 0 spiro atoms. The Hall–Kier alpha value is -2.86. The van der Waals surface area contributed by atoms with Crippen molar-refractivity contribution in [2.75, 3.05) is 6.54 Å². The maximum absolute atomic E-state index is 12.4. The number of carbonyl (C=O) groups is 1. The molecular formula is C22H19Cl2N3O2. The summed E-state index contributed by atoms with van der Waals surface area (Å²) in [6.07, 6.45) is 1.50. The van der Waals surface area contributed by atoms with Crippen molar-refractivity contribution in [3.8, 4) is 5.75 Å². The molecular weight excluding hydrogens is 409 g/mol. The van der Waals surface area contributed by atoms with Crippen molar-refractivity contribution in [2.24, 2.45) is 5.10 Å². The molecule has 0 heterocycles. The van der Waals surface area contributed by atoms with Crippen LogP contribution in [0.15, 0.2) is 84.0 Å². The van der Waals surface area contributed by atoms with Crippen LogP contribution in [0.5, 0.6) is 5.75 Å². The second-order valence-electron chi connectivity index (χ2n) is 6.15. The van der Waals surface area contributed by atoms with Gasteiger partial charge in [-0.25, -0.2) is 5.43 Å². The molecule has 0 unspecified atom stereocenters. The van der Waals surface area contributed by atoms with Gasteiger partial charge in [-0.2, -0.15) is 5.10 Å². The number of carbonyl (C=O) groups excluding carboxylic acids is 1. The smallest absolute Gasteiger partial charge is 0.257 e. The van der Waals surface area contributed by atoms with Crippen LogP contribution >= 0.6 is 23.2 Å². The minimum absolute atomic E-state index is 0.00248. The van der Waals surface area contributed by atoms with E-state index in [4.69, 9.17) is 28.0 Å². The summed E-state index contributed by atoms with van der Waals surface area (Å²) in [5, 5.41) is 6.43. The van der Waals surface area contributed by atoms with Crippen LogP contribution < -0.4 is 10.3 Å². The third-order valence-electron chi connectivity index (χ3n) is 3.85. The van der Waals surface area contributed by atoms with E-state index in [-0.39, 0.29) is 12.5 Å². The monoisotopic (exact) mass is 427 g/mol. The van der Waals surface area contributed by atoms with E-state index in [1.807, 2.05) is 60.7 Å². The molecule has 3 aromatic carbocycles. The minimum atomic E-state index is -0.312. The van der Waals surface area contributed by atoms with E-state index in [2.05, 4.69) is 10.5 Å². The molecule has 29 heavy (non-hydrogen) atoms. The highest BCUT2D eigenvalue weighted by atomic mass is 35.5. The molecule has 0 bridgehead atoms. The van der Waals surface area contributed by atoms with Gasteiger partial charge in [0.05, 0.1) is 22.8 Å². The zero-order valence-corrected chi connectivity index (χ0v) is 17.0. The fourth-order valence-corrected chi connectivity index (χ4v) is 2.81. The van der Waals surface area contributed by atoms with Gasteiger partial charge in [0.15, 0.2) is 0 Å². The van der Waals surface area contributed by atoms with Crippen molar-refractivity contribution in [1.29, 1.82) is 0 Å². The van der Waals surface area contributed by atoms with Crippen LogP contribution in [0, 0.1) is 0 Å². The number of amides is 1. The number of benzene rings is 3. The second kappa shape index (κ2) is 10.6. The van der Waals surface area contributed by atoms with Gasteiger partial charge in [-0.15, -0.1) is 5.06 Å². The molecule has 148 valence electrons. The van der Waals surface area contributed by atoms with E-state index in [0.29, 0.717) is 22.3 Å². The molecule has 0 aromatic heterocycles. The molecule has 0 radical (unpaired) electrons. The van der Waals surface area contributed by atoms with Crippen LogP contribution in [-0.2, 0) is 11.3 Å². The lowest BCUT2D eigenvalue weighted by atomic mass is 10.2. The Morgan fingerprint density at radius 2 is 1.66 bits per heavy atom. The normalized spacial score (nSPS) is 11.0. The molecule has 1 amide bonds. The fourth-order valence-electron chi connectivity index (χ4n) is 2.50. The molecule has 0 aliphatic heterocycles. The van der Waals surface area contributed by atoms with Gasteiger partial charge in [-0.05, 0) is 35.4 Å². The second-order valence-corrected chi connectivity index (χ2v) is 6.97. The van der Waals surface area contributed by atoms with Crippen LogP contribution in [0.2, 0.25) is 10.0 Å². The third-order valence-corrected chi connectivity index (χ3v) is 4.58. The summed E-state index contributed by atoms with van der Waals surface area (Å²) >= 11 is 11.9. The van der Waals surface area contributed by atoms with Gasteiger partial charge in [0.1, 0.15) is 12.3 Å². The summed E-state index contributed by atoms with van der Waals surface area (Å²) in [4.78, 5) is 18.2. The zero-order valence-electron chi connectivity index (χ0n) is 15.5. The van der Waals surface area contributed by atoms with Crippen molar-refractivity contribution in [3.63, 3.8) is 0 Å². The molecule has 0 fully saturated rings. The molecule has 0 aliphatic carbocycles. The highest BCUT2D eigenvalue weighted by Crippen LogP contribution is 2.21. The Balaban J connectivity index is 1.61. The molecule has 0 saturated heterocycles. The highest BCUT2D eigenvalue weighted by Gasteiger charge is 2.13. The van der Waals surface area contributed by atoms with Gasteiger partial charge >= 0.3 is 0 Å². The van der Waals surface area contributed by atoms with Crippen molar-refractivity contribution in [1.82, 2.24) is 10.5 Å². The van der Waals surface area contributed by atoms with Crippen LogP contribution in [0.4, 0.5) is 0 Å². The fraction of sp³-hybridized carbons (Fsp3) is 0.0909. The molecule has 1 N–H and O–H groups in total. The SMILES string of the molecule is O=C(CN(Cc1ccccc1)Oc1ccccc1)N/N=C\c1ccc(Cl)c(Cl)c1. The van der Waals surface area contributed by atoms with Crippen LogP contribution in [0.3, 0.4) is 0 Å². The number of rotatable bonds is 8. The Morgan fingerprint density at radius 1 is 0.966 bits per heavy atom. The number of hydroxylamine groups is 2. The van der Waals surface area contributed by atoms with Gasteiger partial charge in [0.25, 0.3) is 5.91 Å². The van der Waals surface area contributed by atoms with E-state index >= 15 is 0 Å². The summed E-state index contributed by atoms with van der Waals surface area (Å²) < 4.78 is 0. The molecule has 3 aromatic rings. The first kappa shape index (κ1) is 20.9. The predicted molar refractivity (Wildman–Crippen MR) is 116 cm³/mol. The van der Waals surface area contributed by atoms with Crippen molar-refractivity contribution in [2.45, 2.75) is 6.54 Å². The highest BCUT2D eigenvalue weighted by molar-refractivity contribution is 6.42. The molecule has 7 heteroatoms. The Bertz CT molecular complexity index is 925. The number of para-hydroxylation sites is 1. The number of halogens is 2. The number of nitrogens with one attached hydrogen (secondary N) is 1. The van der Waals surface area contributed by atoms with Gasteiger partial charge in [0.2, 0.25) is 0 Å². The largest absolute Gasteiger partial charge is 0.405 e. The lowest BCUT2D eigenvalue weighted by Gasteiger charge is -2.21. The summed E-state index contributed by atoms with van der Waals surface area (Å²) in [5.41, 5.74) is 4.25. The van der Waals surface area contributed by atoms with Gasteiger partial charge in [0, 0.05) is 0 Å². The summed E-state index contributed by atoms with van der Waals surface area (Å²) in [6, 6.07) is 24.2. The standard InChI is InChI=1S/C22H19Cl2N3O2/c23-20-12-11-18(13-21(20)24)14-25-26-22(28)16-27(15-17-7-3-1-4-8-17)29-19-9-5-2-6-10-19/h1-14H,15-16H2,(H,26,28)/b25-14-. The maximum Gasteiger partial charge on any atom is 0.257 e. The van der Waals surface area contributed by atoms with E-state index in [9.17, 15) is 4.79 Å². The van der Waals surface area contributed by atoms with Crippen LogP contribution in [0.1, 0.15) is 11.1 Å². The first-order valence-corrected chi connectivity index (χ1v) is 9.64.